The molecule has 0 aliphatic rings. The maximum absolute atomic E-state index is 14.8. The smallest absolute Gasteiger partial charge is 0.298 e. The summed E-state index contributed by atoms with van der Waals surface area (Å²) in [5.74, 6) is -39.4. The lowest BCUT2D eigenvalue weighted by Crippen LogP contribution is -2.63. The molecule has 0 radical (unpaired) electrons. The Morgan fingerprint density at radius 1 is 0.411 bits per heavy atom. The molecule has 7 nitrogen and oxygen atoms in total. The van der Waals surface area contributed by atoms with Gasteiger partial charge < -0.3 is 0 Å². The van der Waals surface area contributed by atoms with Gasteiger partial charge in [-0.1, -0.05) is 53.4 Å². The highest BCUT2D eigenvalue weighted by atomic mass is 32.3. The van der Waals surface area contributed by atoms with Gasteiger partial charge in [-0.15, -0.1) is 20.6 Å². The fraction of sp³-hybridized carbons (Fsp3) is 0.963. The summed E-state index contributed by atoms with van der Waals surface area (Å²) in [6, 6.07) is 0. The second-order valence-corrected chi connectivity index (χ2v) is 22.4. The second-order valence-electron chi connectivity index (χ2n) is 12.4. The lowest BCUT2D eigenvalue weighted by molar-refractivity contribution is -0.382. The summed E-state index contributed by atoms with van der Waals surface area (Å²) in [6.45, 7) is 5.31. The molecule has 0 heterocycles. The number of unbranched alkanes of at least 4 members (excludes halogenated alkanes) is 4. The van der Waals surface area contributed by atoms with Gasteiger partial charge >= 0.3 is 66.8 Å². The van der Waals surface area contributed by atoms with Crippen LogP contribution in [-0.2, 0) is 32.3 Å². The predicted octanol–water partition coefficient (Wildman–Crippen LogP) is 10.7. The number of carbonyl (C=O) groups is 1. The van der Waals surface area contributed by atoms with Crippen molar-refractivity contribution >= 4 is 46.6 Å². The van der Waals surface area contributed by atoms with E-state index < -0.39 is 128 Å². The molecule has 340 valence electrons. The van der Waals surface area contributed by atoms with E-state index in [-0.39, 0.29) is 51.4 Å². The molecular weight excluding hydrogens is 907 g/mol. The summed E-state index contributed by atoms with van der Waals surface area (Å²) >= 11 is 0. The molecule has 0 amide bonds. The zero-order valence-electron chi connectivity index (χ0n) is 29.7. The van der Waals surface area contributed by atoms with E-state index in [4.69, 9.17) is 0 Å². The fourth-order valence-corrected chi connectivity index (χ4v) is 16.3. The normalized spacial score (nSPS) is 16.0. The minimum absolute atomic E-state index is 0.0629. The third-order valence-electron chi connectivity index (χ3n) is 7.66. The van der Waals surface area contributed by atoms with Gasteiger partial charge in [-0.3, -0.25) is 4.79 Å². The van der Waals surface area contributed by atoms with Crippen LogP contribution in [0.2, 0.25) is 0 Å². The molecule has 0 N–H and O–H groups in total. The molecule has 0 unspecified atom stereocenters. The molecule has 29 heteroatoms. The summed E-state index contributed by atoms with van der Waals surface area (Å²) in [5, 5.41) is -14.8. The van der Waals surface area contributed by atoms with Gasteiger partial charge in [0.25, 0.3) is 0 Å². The van der Waals surface area contributed by atoms with Crippen LogP contribution in [0.15, 0.2) is 0 Å². The molecule has 0 aromatic carbocycles. The summed E-state index contributed by atoms with van der Waals surface area (Å²) in [6.07, 6.45) is -16.7. The Balaban J connectivity index is 7.54. The first-order valence-electron chi connectivity index (χ1n) is 16.1. The number of hydrogen-bond acceptors (Lipinski definition) is 7. The first kappa shape index (κ1) is 54.9. The molecule has 56 heavy (non-hydrogen) atoms. The van der Waals surface area contributed by atoms with Crippen LogP contribution in [0.4, 0.5) is 79.0 Å². The number of hydrogen-bond donors (Lipinski definition) is 0. The standard InChI is InChI=1S/C27H40F18O7S4/c1-5-9-13-53(14-10-6-2,51-55(47,48)26(42,43)22(32,33)20(28,29)24(36,37)38)17-19(46)18-54(15-11-7-3,16-12-8-4)52-56(49,50)27(44,45)23(34,35)21(30,31)25(39,40)41/h5-18H2,1-4H3. The zero-order valence-corrected chi connectivity index (χ0v) is 33.0. The van der Waals surface area contributed by atoms with E-state index in [1.54, 1.807) is 0 Å². The number of carbonyl (C=O) groups excluding carboxylic acids is 1. The Hall–Kier alpha value is -1.07. The number of halogens is 18. The molecule has 0 saturated heterocycles. The van der Waals surface area contributed by atoms with E-state index in [9.17, 15) is 101 Å². The maximum Gasteiger partial charge on any atom is 0.460 e. The minimum atomic E-state index is -7.76. The van der Waals surface area contributed by atoms with Gasteiger partial charge in [-0.05, 0) is 25.7 Å². The van der Waals surface area contributed by atoms with Crippen molar-refractivity contribution in [1.82, 2.24) is 0 Å². The average Bonchev–Trinajstić information content (AvgIpc) is 3.02. The maximum atomic E-state index is 14.8. The van der Waals surface area contributed by atoms with Gasteiger partial charge in [-0.25, -0.2) is 7.26 Å². The number of ketones is 1. The summed E-state index contributed by atoms with van der Waals surface area (Å²) < 4.78 is 306. The van der Waals surface area contributed by atoms with Crippen LogP contribution in [0.1, 0.15) is 79.1 Å². The molecule has 0 aromatic rings. The van der Waals surface area contributed by atoms with E-state index in [1.807, 2.05) is 0 Å². The largest absolute Gasteiger partial charge is 0.460 e. The van der Waals surface area contributed by atoms with Gasteiger partial charge in [0.2, 0.25) is 0 Å². The van der Waals surface area contributed by atoms with Crippen LogP contribution < -0.4 is 0 Å². The van der Waals surface area contributed by atoms with Gasteiger partial charge in [0, 0.05) is 23.0 Å². The highest BCUT2D eigenvalue weighted by Gasteiger charge is 2.87. The van der Waals surface area contributed by atoms with Crippen molar-refractivity contribution in [2.45, 2.75) is 126 Å². The number of rotatable bonds is 26. The Bertz CT molecular complexity index is 1390. The molecule has 0 fully saturated rings. The highest BCUT2D eigenvalue weighted by Crippen LogP contribution is 2.62. The fourth-order valence-electron chi connectivity index (χ4n) is 4.44. The Kier molecular flexibility index (Phi) is 18.3. The first-order chi connectivity index (χ1) is 24.8. The zero-order chi connectivity index (χ0) is 44.9. The van der Waals surface area contributed by atoms with Gasteiger partial charge in [0.15, 0.2) is 5.78 Å². The molecule has 0 bridgehead atoms. The van der Waals surface area contributed by atoms with Crippen LogP contribution in [0.25, 0.3) is 0 Å². The molecule has 0 spiro atoms. The summed E-state index contributed by atoms with van der Waals surface area (Å²) in [5.41, 5.74) is 0. The Morgan fingerprint density at radius 2 is 0.625 bits per heavy atom. The predicted molar refractivity (Wildman–Crippen MR) is 171 cm³/mol. The third-order valence-corrected chi connectivity index (χ3v) is 19.0. The van der Waals surface area contributed by atoms with E-state index in [0.29, 0.717) is 0 Å². The topological polar surface area (TPSA) is 104 Å². The summed E-state index contributed by atoms with van der Waals surface area (Å²) in [7, 11) is -23.9. The van der Waals surface area contributed by atoms with Crippen molar-refractivity contribution in [3.63, 3.8) is 0 Å². The van der Waals surface area contributed by atoms with Gasteiger partial charge in [-0.2, -0.15) is 95.9 Å². The molecule has 0 rings (SSSR count). The van der Waals surface area contributed by atoms with Crippen molar-refractivity contribution in [2.75, 3.05) is 34.5 Å². The van der Waals surface area contributed by atoms with Crippen molar-refractivity contribution < 1.29 is 108 Å². The monoisotopic (exact) mass is 946 g/mol. The second kappa shape index (κ2) is 18.7. The lowest BCUT2D eigenvalue weighted by atomic mass is 10.1. The van der Waals surface area contributed by atoms with Crippen LogP contribution in [0.3, 0.4) is 0 Å². The lowest BCUT2D eigenvalue weighted by Gasteiger charge is -2.43. The minimum Gasteiger partial charge on any atom is -0.298 e. The van der Waals surface area contributed by atoms with Crippen LogP contribution in [-0.4, -0.2) is 104 Å². The average molecular weight is 947 g/mol. The SMILES string of the molecule is CCCCS(CCCC)(CC(=O)CS(CCCC)(CCCC)OS(=O)(=O)C(F)(F)C(F)(F)C(F)(F)C(F)(F)F)OS(=O)(=O)C(F)(F)C(F)(F)C(F)(F)C(F)(F)F. The van der Waals surface area contributed by atoms with E-state index in [1.165, 1.54) is 27.7 Å². The van der Waals surface area contributed by atoms with E-state index in [0.717, 1.165) is 0 Å². The quantitative estimate of drug-likeness (QED) is 0.0796. The molecule has 0 atom stereocenters. The van der Waals surface area contributed by atoms with Crippen molar-refractivity contribution in [3.05, 3.63) is 0 Å². The van der Waals surface area contributed by atoms with Gasteiger partial charge in [0.05, 0.1) is 11.5 Å². The molecular formula is C27H40F18O7S4. The van der Waals surface area contributed by atoms with Crippen molar-refractivity contribution in [2.24, 2.45) is 0 Å². The van der Waals surface area contributed by atoms with Gasteiger partial charge in [0.1, 0.15) is 0 Å². The third kappa shape index (κ3) is 11.2. The Labute approximate surface area is 314 Å². The highest BCUT2D eigenvalue weighted by molar-refractivity contribution is 8.34. The van der Waals surface area contributed by atoms with Crippen LogP contribution in [0, 0.1) is 0 Å². The van der Waals surface area contributed by atoms with Crippen LogP contribution in [0.5, 0.6) is 0 Å². The van der Waals surface area contributed by atoms with Crippen LogP contribution >= 0.6 is 20.6 Å². The molecule has 0 aliphatic heterocycles. The first-order valence-corrected chi connectivity index (χ1v) is 23.1. The summed E-state index contributed by atoms with van der Waals surface area (Å²) in [4.78, 5) is 13.7. The van der Waals surface area contributed by atoms with Crippen molar-refractivity contribution in [1.29, 1.82) is 0 Å². The Morgan fingerprint density at radius 3 is 0.804 bits per heavy atom. The van der Waals surface area contributed by atoms with E-state index in [2.05, 4.69) is 7.26 Å². The molecule has 0 aromatic heterocycles. The van der Waals surface area contributed by atoms with E-state index >= 15 is 0 Å². The molecule has 0 saturated carbocycles. The number of alkyl halides is 18. The van der Waals surface area contributed by atoms with Crippen molar-refractivity contribution in [3.8, 4) is 0 Å². The number of Topliss-reactive ketones (excluding diaryl/α,β-unsaturated/α-hetero) is 1. The molecule has 0 aliphatic carbocycles.